The van der Waals surface area contributed by atoms with Crippen LogP contribution in [-0.2, 0) is 11.2 Å². The number of nitro benzene ring substituents is 1. The average Bonchev–Trinajstić information content (AvgIpc) is 2.65. The number of aliphatic hydroxyl groups is 1. The zero-order chi connectivity index (χ0) is 20.8. The molecule has 0 aliphatic heterocycles. The Balaban J connectivity index is 1.45. The van der Waals surface area contributed by atoms with Crippen molar-refractivity contribution in [3.63, 3.8) is 0 Å². The third kappa shape index (κ3) is 3.54. The highest BCUT2D eigenvalue weighted by Crippen LogP contribution is 2.61. The summed E-state index contributed by atoms with van der Waals surface area (Å²) < 4.78 is 10.4. The van der Waals surface area contributed by atoms with Gasteiger partial charge in [-0.2, -0.15) is 0 Å². The van der Waals surface area contributed by atoms with Gasteiger partial charge in [0.1, 0.15) is 0 Å². The lowest BCUT2D eigenvalue weighted by molar-refractivity contribution is -0.385. The minimum atomic E-state index is -0.691. The summed E-state index contributed by atoms with van der Waals surface area (Å²) in [7, 11) is 2.91. The first-order chi connectivity index (χ1) is 13.8. The van der Waals surface area contributed by atoms with Gasteiger partial charge in [0.2, 0.25) is 5.91 Å². The van der Waals surface area contributed by atoms with Crippen molar-refractivity contribution >= 4 is 11.6 Å². The molecule has 8 heteroatoms. The fraction of sp³-hybridized carbons (Fsp3) is 0.667. The van der Waals surface area contributed by atoms with E-state index in [1.165, 1.54) is 20.3 Å². The van der Waals surface area contributed by atoms with Crippen molar-refractivity contribution < 1.29 is 24.3 Å². The number of ether oxygens (including phenoxy) is 2. The van der Waals surface area contributed by atoms with Crippen LogP contribution in [0.3, 0.4) is 0 Å². The molecule has 2 N–H and O–H groups in total. The highest BCUT2D eigenvalue weighted by molar-refractivity contribution is 5.83. The maximum Gasteiger partial charge on any atom is 0.276 e. The fourth-order valence-corrected chi connectivity index (χ4v) is 6.26. The van der Waals surface area contributed by atoms with Crippen molar-refractivity contribution in [2.75, 3.05) is 20.8 Å². The number of hydrogen-bond donors (Lipinski definition) is 2. The smallest absolute Gasteiger partial charge is 0.276 e. The molecule has 8 nitrogen and oxygen atoms in total. The Kier molecular flexibility index (Phi) is 4.93. The zero-order valence-corrected chi connectivity index (χ0v) is 16.9. The van der Waals surface area contributed by atoms with Gasteiger partial charge >= 0.3 is 0 Å². The van der Waals surface area contributed by atoms with E-state index < -0.39 is 15.9 Å². The molecule has 4 aliphatic carbocycles. The summed E-state index contributed by atoms with van der Waals surface area (Å²) in [6, 6.07) is 2.95. The number of nitrogens with one attached hydrogen (secondary N) is 1. The Morgan fingerprint density at radius 3 is 2.38 bits per heavy atom. The van der Waals surface area contributed by atoms with Crippen molar-refractivity contribution in [2.45, 2.75) is 50.5 Å². The third-order valence-electron chi connectivity index (χ3n) is 6.97. The monoisotopic (exact) mass is 404 g/mol. The molecule has 4 saturated carbocycles. The quantitative estimate of drug-likeness (QED) is 0.534. The van der Waals surface area contributed by atoms with Crippen molar-refractivity contribution in [3.05, 3.63) is 27.8 Å². The van der Waals surface area contributed by atoms with E-state index in [0.717, 1.165) is 32.1 Å². The van der Waals surface area contributed by atoms with E-state index in [2.05, 4.69) is 5.32 Å². The van der Waals surface area contributed by atoms with Crippen LogP contribution in [0.25, 0.3) is 0 Å². The first kappa shape index (κ1) is 19.9. The molecule has 1 amide bonds. The Morgan fingerprint density at radius 2 is 1.83 bits per heavy atom. The Hall–Kier alpha value is -2.35. The van der Waals surface area contributed by atoms with Gasteiger partial charge in [0, 0.05) is 12.1 Å². The normalized spacial score (nSPS) is 32.1. The van der Waals surface area contributed by atoms with E-state index in [1.807, 2.05) is 0 Å². The van der Waals surface area contributed by atoms with Crippen LogP contribution in [0, 0.1) is 27.4 Å². The summed E-state index contributed by atoms with van der Waals surface area (Å²) >= 11 is 0. The van der Waals surface area contributed by atoms with Crippen molar-refractivity contribution in [1.29, 1.82) is 0 Å². The van der Waals surface area contributed by atoms with E-state index in [4.69, 9.17) is 9.47 Å². The molecule has 4 bridgehead atoms. The van der Waals surface area contributed by atoms with Gasteiger partial charge in [0.25, 0.3) is 5.69 Å². The Labute approximate surface area is 169 Å². The second-order valence-corrected chi connectivity index (χ2v) is 9.06. The lowest BCUT2D eigenvalue weighted by atomic mass is 9.47. The zero-order valence-electron chi connectivity index (χ0n) is 16.9. The number of benzene rings is 1. The summed E-state index contributed by atoms with van der Waals surface area (Å²) in [6.45, 7) is 0.296. The van der Waals surface area contributed by atoms with Gasteiger partial charge in [0.15, 0.2) is 11.5 Å². The van der Waals surface area contributed by atoms with E-state index in [1.54, 1.807) is 6.07 Å². The van der Waals surface area contributed by atoms with Crippen molar-refractivity contribution in [1.82, 2.24) is 5.32 Å². The van der Waals surface area contributed by atoms with Crippen LogP contribution in [0.1, 0.15) is 44.1 Å². The van der Waals surface area contributed by atoms with E-state index >= 15 is 0 Å². The van der Waals surface area contributed by atoms with Crippen LogP contribution in [-0.4, -0.2) is 42.3 Å². The molecule has 158 valence electrons. The van der Waals surface area contributed by atoms with Crippen molar-refractivity contribution in [3.8, 4) is 11.5 Å². The number of carbonyl (C=O) groups is 1. The number of rotatable bonds is 7. The molecule has 29 heavy (non-hydrogen) atoms. The van der Waals surface area contributed by atoms with Gasteiger partial charge in [-0.15, -0.1) is 0 Å². The Bertz CT molecular complexity index is 825. The Morgan fingerprint density at radius 1 is 1.21 bits per heavy atom. The van der Waals surface area contributed by atoms with Crippen LogP contribution in [0.15, 0.2) is 12.1 Å². The maximum atomic E-state index is 13.1. The molecule has 0 heterocycles. The first-order valence-electron chi connectivity index (χ1n) is 10.2. The fourth-order valence-electron chi connectivity index (χ4n) is 6.26. The van der Waals surface area contributed by atoms with E-state index in [-0.39, 0.29) is 11.6 Å². The number of nitro groups is 1. The van der Waals surface area contributed by atoms with E-state index in [9.17, 15) is 20.0 Å². The minimum Gasteiger partial charge on any atom is -0.493 e. The molecule has 0 saturated heterocycles. The molecule has 0 aromatic heterocycles. The molecule has 4 fully saturated rings. The summed E-state index contributed by atoms with van der Waals surface area (Å²) in [5.41, 5.74) is -0.746. The maximum absolute atomic E-state index is 13.1. The standard InChI is InChI=1S/C21H28N2O6/c1-28-17-6-15(16(23(26)27)7-18(17)29-2)3-4-22-19(24)20-8-13-5-14(9-20)11-21(25,10-13)12-20/h6-7,13-14,25H,3-5,8-12H2,1-2H3,(H,22,24)/t13-,14-,20?,21?/m1/s1. The molecular weight excluding hydrogens is 376 g/mol. The molecule has 4 aliphatic rings. The lowest BCUT2D eigenvalue weighted by Crippen LogP contribution is -2.60. The van der Waals surface area contributed by atoms with Crippen LogP contribution < -0.4 is 14.8 Å². The van der Waals surface area contributed by atoms with Gasteiger partial charge in [-0.1, -0.05) is 0 Å². The highest BCUT2D eigenvalue weighted by Gasteiger charge is 2.60. The molecule has 0 radical (unpaired) electrons. The second kappa shape index (κ2) is 7.16. The minimum absolute atomic E-state index is 0.0202. The summed E-state index contributed by atoms with van der Waals surface area (Å²) in [4.78, 5) is 24.1. The number of hydrogen-bond acceptors (Lipinski definition) is 6. The first-order valence-corrected chi connectivity index (χ1v) is 10.2. The molecule has 1 aromatic rings. The predicted octanol–water partition coefficient (Wildman–Crippen LogP) is 2.60. The van der Waals surface area contributed by atoms with Crippen molar-refractivity contribution in [2.24, 2.45) is 17.3 Å². The van der Waals surface area contributed by atoms with E-state index in [0.29, 0.717) is 48.3 Å². The van der Waals surface area contributed by atoms with Crippen LogP contribution in [0.5, 0.6) is 11.5 Å². The average molecular weight is 404 g/mol. The summed E-state index contributed by atoms with van der Waals surface area (Å²) in [5.74, 6) is 1.56. The van der Waals surface area contributed by atoms with Gasteiger partial charge < -0.3 is 19.9 Å². The number of amides is 1. The number of carbonyl (C=O) groups excluding carboxylic acids is 1. The largest absolute Gasteiger partial charge is 0.493 e. The molecule has 0 unspecified atom stereocenters. The second-order valence-electron chi connectivity index (χ2n) is 9.06. The van der Waals surface area contributed by atoms with Gasteiger partial charge in [-0.25, -0.2) is 0 Å². The highest BCUT2D eigenvalue weighted by atomic mass is 16.6. The topological polar surface area (TPSA) is 111 Å². The summed E-state index contributed by atoms with van der Waals surface area (Å²) in [6.07, 6.45) is 5.29. The van der Waals surface area contributed by atoms with Gasteiger partial charge in [0.05, 0.1) is 36.2 Å². The third-order valence-corrected chi connectivity index (χ3v) is 6.97. The molecule has 0 spiro atoms. The molecule has 5 rings (SSSR count). The lowest BCUT2D eigenvalue weighted by Gasteiger charge is -2.59. The predicted molar refractivity (Wildman–Crippen MR) is 105 cm³/mol. The number of methoxy groups -OCH3 is 2. The van der Waals surface area contributed by atoms with Crippen LogP contribution in [0.4, 0.5) is 5.69 Å². The molecule has 2 atom stereocenters. The number of nitrogens with zero attached hydrogens (tertiary/aromatic N) is 1. The molecule has 1 aromatic carbocycles. The summed E-state index contributed by atoms with van der Waals surface area (Å²) in [5, 5.41) is 25.3. The van der Waals surface area contributed by atoms with Gasteiger partial charge in [-0.3, -0.25) is 14.9 Å². The van der Waals surface area contributed by atoms with Crippen LogP contribution in [0.2, 0.25) is 0 Å². The SMILES string of the molecule is COc1cc(CCNC(=O)C23C[C@H]4C[C@@H](CC(O)(C4)C2)C3)c([N+](=O)[O-])cc1OC. The molecular formula is C21H28N2O6. The van der Waals surface area contributed by atoms with Gasteiger partial charge in [-0.05, 0) is 62.8 Å². The van der Waals surface area contributed by atoms with Crippen LogP contribution >= 0.6 is 0 Å².